The Hall–Kier alpha value is -2.16. The van der Waals surface area contributed by atoms with Crippen LogP contribution < -0.4 is 0 Å². The number of rotatable bonds is 7. The van der Waals surface area contributed by atoms with Gasteiger partial charge in [0.05, 0.1) is 5.56 Å². The fourth-order valence-electron chi connectivity index (χ4n) is 2.88. The van der Waals surface area contributed by atoms with E-state index < -0.39 is 0 Å². The van der Waals surface area contributed by atoms with Crippen LogP contribution in [0.25, 0.3) is 5.57 Å². The zero-order valence-corrected chi connectivity index (χ0v) is 16.5. The standard InChI is InChI=1S/C22H32O3/c1-8-9-10-11-17-16(7)20(23)19(22(25)21(17)24)18(12-13(2)3)15(6)14(4)5/h12,23-25H,4,8-11H2,1-3,5-7H3/b18-15-. The summed E-state index contributed by atoms with van der Waals surface area (Å²) >= 11 is 0. The van der Waals surface area contributed by atoms with Gasteiger partial charge >= 0.3 is 0 Å². The van der Waals surface area contributed by atoms with Gasteiger partial charge in [0.15, 0.2) is 11.5 Å². The van der Waals surface area contributed by atoms with E-state index >= 15 is 0 Å². The topological polar surface area (TPSA) is 60.7 Å². The number of hydrogen-bond donors (Lipinski definition) is 3. The maximum atomic E-state index is 10.8. The van der Waals surface area contributed by atoms with Crippen molar-refractivity contribution in [2.45, 2.75) is 67.2 Å². The Bertz CT molecular complexity index is 688. The molecule has 0 bridgehead atoms. The van der Waals surface area contributed by atoms with Crippen molar-refractivity contribution >= 4 is 5.57 Å². The number of allylic oxidation sites excluding steroid dienone is 5. The Morgan fingerprint density at radius 3 is 2.04 bits per heavy atom. The molecule has 0 spiro atoms. The third-order valence-corrected chi connectivity index (χ3v) is 4.57. The highest BCUT2D eigenvalue weighted by molar-refractivity contribution is 5.88. The Balaban J connectivity index is 3.68. The van der Waals surface area contributed by atoms with E-state index in [4.69, 9.17) is 0 Å². The maximum Gasteiger partial charge on any atom is 0.169 e. The van der Waals surface area contributed by atoms with Gasteiger partial charge in [0.1, 0.15) is 5.75 Å². The minimum atomic E-state index is -0.261. The fourth-order valence-corrected chi connectivity index (χ4v) is 2.88. The molecule has 0 saturated heterocycles. The molecule has 138 valence electrons. The van der Waals surface area contributed by atoms with E-state index in [1.165, 1.54) is 0 Å². The highest BCUT2D eigenvalue weighted by atomic mass is 16.3. The third-order valence-electron chi connectivity index (χ3n) is 4.57. The van der Waals surface area contributed by atoms with Crippen molar-refractivity contribution in [3.63, 3.8) is 0 Å². The molecular weight excluding hydrogens is 312 g/mol. The molecule has 1 aromatic rings. The van der Waals surface area contributed by atoms with E-state index in [1.54, 1.807) is 6.92 Å². The van der Waals surface area contributed by atoms with Gasteiger partial charge in [-0.1, -0.05) is 43.6 Å². The SMILES string of the molecule is C=C(C)/C(C)=C(/C=C(C)C)c1c(O)c(C)c(CCCCC)c(O)c1O. The Morgan fingerprint density at radius 2 is 1.56 bits per heavy atom. The summed E-state index contributed by atoms with van der Waals surface area (Å²) in [5.74, 6) is -0.367. The third kappa shape index (κ3) is 4.68. The first-order valence-corrected chi connectivity index (χ1v) is 8.91. The smallest absolute Gasteiger partial charge is 0.169 e. The van der Waals surface area contributed by atoms with Gasteiger partial charge in [-0.25, -0.2) is 0 Å². The van der Waals surface area contributed by atoms with Gasteiger partial charge in [-0.05, 0) is 64.2 Å². The largest absolute Gasteiger partial charge is 0.507 e. The lowest BCUT2D eigenvalue weighted by Crippen LogP contribution is -1.98. The molecule has 0 unspecified atom stereocenters. The predicted molar refractivity (Wildman–Crippen MR) is 106 cm³/mol. The van der Waals surface area contributed by atoms with Gasteiger partial charge in [0.25, 0.3) is 0 Å². The van der Waals surface area contributed by atoms with Crippen LogP contribution in [0.4, 0.5) is 0 Å². The summed E-state index contributed by atoms with van der Waals surface area (Å²) in [6.45, 7) is 15.6. The summed E-state index contributed by atoms with van der Waals surface area (Å²) in [6, 6.07) is 0. The Morgan fingerprint density at radius 1 is 0.960 bits per heavy atom. The van der Waals surface area contributed by atoms with Crippen LogP contribution in [0.2, 0.25) is 0 Å². The van der Waals surface area contributed by atoms with E-state index in [0.29, 0.717) is 23.1 Å². The molecule has 0 radical (unpaired) electrons. The molecule has 0 heterocycles. The number of unbranched alkanes of at least 4 members (excludes halogenated alkanes) is 2. The molecule has 25 heavy (non-hydrogen) atoms. The van der Waals surface area contributed by atoms with Crippen LogP contribution >= 0.6 is 0 Å². The van der Waals surface area contributed by atoms with Crippen molar-refractivity contribution in [3.8, 4) is 17.2 Å². The van der Waals surface area contributed by atoms with E-state index in [9.17, 15) is 15.3 Å². The molecule has 0 atom stereocenters. The lowest BCUT2D eigenvalue weighted by atomic mass is 9.89. The zero-order valence-electron chi connectivity index (χ0n) is 16.5. The minimum absolute atomic E-state index is 0.0231. The van der Waals surface area contributed by atoms with Crippen molar-refractivity contribution in [1.29, 1.82) is 0 Å². The van der Waals surface area contributed by atoms with Crippen molar-refractivity contribution < 1.29 is 15.3 Å². The van der Waals surface area contributed by atoms with Crippen molar-refractivity contribution in [2.24, 2.45) is 0 Å². The van der Waals surface area contributed by atoms with Gasteiger partial charge in [-0.15, -0.1) is 0 Å². The molecule has 0 amide bonds. The first kappa shape index (κ1) is 20.9. The predicted octanol–water partition coefficient (Wildman–Crippen LogP) is 6.16. The molecule has 0 aliphatic carbocycles. The van der Waals surface area contributed by atoms with E-state index in [2.05, 4.69) is 13.5 Å². The summed E-state index contributed by atoms with van der Waals surface area (Å²) in [5.41, 5.74) is 4.93. The molecule has 0 aliphatic heterocycles. The van der Waals surface area contributed by atoms with Crippen LogP contribution in [-0.2, 0) is 6.42 Å². The number of aromatic hydroxyl groups is 3. The number of phenols is 3. The monoisotopic (exact) mass is 344 g/mol. The first-order valence-electron chi connectivity index (χ1n) is 8.91. The summed E-state index contributed by atoms with van der Waals surface area (Å²) in [7, 11) is 0. The molecule has 0 aliphatic rings. The quantitative estimate of drug-likeness (QED) is 0.240. The van der Waals surface area contributed by atoms with Crippen LogP contribution in [0.1, 0.15) is 70.6 Å². The summed E-state index contributed by atoms with van der Waals surface area (Å²) in [5, 5.41) is 32.0. The number of benzene rings is 1. The van der Waals surface area contributed by atoms with Crippen LogP contribution in [0.3, 0.4) is 0 Å². The molecule has 3 N–H and O–H groups in total. The van der Waals surface area contributed by atoms with Crippen LogP contribution in [0, 0.1) is 6.92 Å². The summed E-state index contributed by atoms with van der Waals surface area (Å²) < 4.78 is 0. The summed E-state index contributed by atoms with van der Waals surface area (Å²) in [4.78, 5) is 0. The normalized spacial score (nSPS) is 11.9. The van der Waals surface area contributed by atoms with E-state index in [1.807, 2.05) is 33.8 Å². The average Bonchev–Trinajstić information content (AvgIpc) is 2.54. The fraction of sp³-hybridized carbons (Fsp3) is 0.455. The highest BCUT2D eigenvalue weighted by Crippen LogP contribution is 2.47. The van der Waals surface area contributed by atoms with Crippen LogP contribution in [0.5, 0.6) is 17.2 Å². The number of phenolic OH excluding ortho intramolecular Hbond substituents is 3. The lowest BCUT2D eigenvalue weighted by Gasteiger charge is -2.19. The zero-order chi connectivity index (χ0) is 19.3. The van der Waals surface area contributed by atoms with Crippen LogP contribution in [-0.4, -0.2) is 15.3 Å². The van der Waals surface area contributed by atoms with Crippen LogP contribution in [0.15, 0.2) is 29.4 Å². The molecule has 0 fully saturated rings. The molecule has 0 aromatic heterocycles. The van der Waals surface area contributed by atoms with Crippen molar-refractivity contribution in [2.75, 3.05) is 0 Å². The van der Waals surface area contributed by atoms with E-state index in [-0.39, 0.29) is 22.8 Å². The second-order valence-electron chi connectivity index (χ2n) is 7.02. The molecule has 3 nitrogen and oxygen atoms in total. The van der Waals surface area contributed by atoms with Gasteiger partial charge in [0, 0.05) is 5.56 Å². The first-order chi connectivity index (χ1) is 11.6. The second-order valence-corrected chi connectivity index (χ2v) is 7.02. The molecular formula is C22H32O3. The van der Waals surface area contributed by atoms with Crippen molar-refractivity contribution in [1.82, 2.24) is 0 Å². The van der Waals surface area contributed by atoms with Gasteiger partial charge in [-0.2, -0.15) is 0 Å². The van der Waals surface area contributed by atoms with Gasteiger partial charge in [-0.3, -0.25) is 0 Å². The van der Waals surface area contributed by atoms with Crippen molar-refractivity contribution in [3.05, 3.63) is 46.1 Å². The van der Waals surface area contributed by atoms with E-state index in [0.717, 1.165) is 36.0 Å². The maximum absolute atomic E-state index is 10.8. The molecule has 0 saturated carbocycles. The lowest BCUT2D eigenvalue weighted by molar-refractivity contribution is 0.388. The Kier molecular flexibility index (Phi) is 7.35. The van der Waals surface area contributed by atoms with Gasteiger partial charge in [0.2, 0.25) is 0 Å². The number of hydrogen-bond acceptors (Lipinski definition) is 3. The summed E-state index contributed by atoms with van der Waals surface area (Å²) in [6.07, 6.45) is 5.55. The van der Waals surface area contributed by atoms with Gasteiger partial charge < -0.3 is 15.3 Å². The second kappa shape index (κ2) is 8.80. The molecule has 1 aromatic carbocycles. The molecule has 1 rings (SSSR count). The average molecular weight is 344 g/mol. The minimum Gasteiger partial charge on any atom is -0.507 e. The highest BCUT2D eigenvalue weighted by Gasteiger charge is 2.23. The molecule has 3 heteroatoms. The Labute approximate surface area is 152 Å².